The molecule has 0 saturated carbocycles. The second-order valence-electron chi connectivity index (χ2n) is 3.56. The molecule has 0 bridgehead atoms. The van der Waals surface area contributed by atoms with Gasteiger partial charge in [0.25, 0.3) is 0 Å². The topological polar surface area (TPSA) is 75.2 Å². The van der Waals surface area contributed by atoms with Gasteiger partial charge in [-0.25, -0.2) is 4.98 Å². The Kier molecular flexibility index (Phi) is 5.45. The van der Waals surface area contributed by atoms with Crippen molar-refractivity contribution in [2.24, 2.45) is 0 Å². The van der Waals surface area contributed by atoms with Crippen molar-refractivity contribution in [1.82, 2.24) is 10.0 Å². The average molecular weight is 222 g/mol. The zero-order valence-electron chi connectivity index (χ0n) is 9.52. The van der Waals surface area contributed by atoms with Crippen LogP contribution in [-0.2, 0) is 11.4 Å². The lowest BCUT2D eigenvalue weighted by Gasteiger charge is -2.16. The normalized spacial score (nSPS) is 10.6. The summed E-state index contributed by atoms with van der Waals surface area (Å²) in [7, 11) is 1.88. The first-order chi connectivity index (χ1) is 7.72. The number of aromatic nitrogens is 1. The summed E-state index contributed by atoms with van der Waals surface area (Å²) in [4.78, 5) is 9.46. The molecule has 0 atom stereocenters. The van der Waals surface area contributed by atoms with Gasteiger partial charge in [-0.1, -0.05) is 6.07 Å². The molecule has 5 heteroatoms. The lowest BCUT2D eigenvalue weighted by molar-refractivity contribution is -0.147. The number of nitrogens with zero attached hydrogens (tertiary/aromatic N) is 2. The minimum Gasteiger partial charge on any atom is -0.384 e. The summed E-state index contributed by atoms with van der Waals surface area (Å²) in [5.74, 6) is 0.526. The first kappa shape index (κ1) is 12.6. The fourth-order valence-corrected chi connectivity index (χ4v) is 1.24. The summed E-state index contributed by atoms with van der Waals surface area (Å²) in [6.45, 7) is 1.31. The van der Waals surface area contributed by atoms with E-state index in [9.17, 15) is 0 Å². The SMILES string of the molecule is CN(Cc1ccc(N)nc1)OCCCC=N. The van der Waals surface area contributed by atoms with Gasteiger partial charge in [-0.05, 0) is 30.7 Å². The highest BCUT2D eigenvalue weighted by Crippen LogP contribution is 2.04. The smallest absolute Gasteiger partial charge is 0.123 e. The van der Waals surface area contributed by atoms with Gasteiger partial charge in [0.2, 0.25) is 0 Å². The van der Waals surface area contributed by atoms with Crippen LogP contribution in [0.1, 0.15) is 18.4 Å². The van der Waals surface area contributed by atoms with E-state index in [4.69, 9.17) is 16.0 Å². The van der Waals surface area contributed by atoms with E-state index in [0.717, 1.165) is 18.4 Å². The number of hydrogen-bond donors (Lipinski definition) is 2. The molecule has 0 aliphatic heterocycles. The zero-order chi connectivity index (χ0) is 11.8. The van der Waals surface area contributed by atoms with Crippen molar-refractivity contribution in [2.75, 3.05) is 19.4 Å². The summed E-state index contributed by atoms with van der Waals surface area (Å²) in [6.07, 6.45) is 4.77. The number of hydrogen-bond acceptors (Lipinski definition) is 5. The molecule has 3 N–H and O–H groups in total. The van der Waals surface area contributed by atoms with Crippen molar-refractivity contribution in [2.45, 2.75) is 19.4 Å². The largest absolute Gasteiger partial charge is 0.384 e. The van der Waals surface area contributed by atoms with Crippen LogP contribution in [0.3, 0.4) is 0 Å². The molecule has 1 aromatic heterocycles. The van der Waals surface area contributed by atoms with Gasteiger partial charge in [0.1, 0.15) is 5.82 Å². The fraction of sp³-hybridized carbons (Fsp3) is 0.455. The molecule has 1 aromatic rings. The molecule has 0 radical (unpaired) electrons. The number of anilines is 1. The maximum atomic E-state index is 6.87. The lowest BCUT2D eigenvalue weighted by Crippen LogP contribution is -2.19. The highest BCUT2D eigenvalue weighted by molar-refractivity contribution is 5.52. The summed E-state index contributed by atoms with van der Waals surface area (Å²) in [5, 5.41) is 8.63. The van der Waals surface area contributed by atoms with Gasteiger partial charge in [0, 0.05) is 13.2 Å². The maximum absolute atomic E-state index is 6.87. The molecule has 0 fully saturated rings. The van der Waals surface area contributed by atoms with Crippen LogP contribution >= 0.6 is 0 Å². The number of rotatable bonds is 7. The molecule has 0 aliphatic rings. The van der Waals surface area contributed by atoms with Crippen LogP contribution in [-0.4, -0.2) is 29.9 Å². The average Bonchev–Trinajstić information content (AvgIpc) is 2.28. The van der Waals surface area contributed by atoms with Gasteiger partial charge in [0.15, 0.2) is 0 Å². The van der Waals surface area contributed by atoms with Gasteiger partial charge < -0.3 is 11.1 Å². The molecule has 1 heterocycles. The molecule has 0 saturated heterocycles. The number of unbranched alkanes of at least 4 members (excludes halogenated alkanes) is 1. The Morgan fingerprint density at radius 3 is 3.00 bits per heavy atom. The van der Waals surface area contributed by atoms with Crippen LogP contribution < -0.4 is 5.73 Å². The predicted molar refractivity (Wildman–Crippen MR) is 64.1 cm³/mol. The van der Waals surface area contributed by atoms with Gasteiger partial charge in [-0.2, -0.15) is 5.06 Å². The first-order valence-corrected chi connectivity index (χ1v) is 5.26. The third-order valence-electron chi connectivity index (χ3n) is 2.06. The van der Waals surface area contributed by atoms with Crippen molar-refractivity contribution in [3.8, 4) is 0 Å². The van der Waals surface area contributed by atoms with Gasteiger partial charge in [-0.3, -0.25) is 4.84 Å². The molecule has 0 aromatic carbocycles. The standard InChI is InChI=1S/C11H18N4O/c1-15(16-7-3-2-6-12)9-10-4-5-11(13)14-8-10/h4-6,8,12H,2-3,7,9H2,1H3,(H2,13,14). The van der Waals surface area contributed by atoms with E-state index >= 15 is 0 Å². The molecule has 5 nitrogen and oxygen atoms in total. The molecule has 16 heavy (non-hydrogen) atoms. The van der Waals surface area contributed by atoms with Crippen LogP contribution in [0.4, 0.5) is 5.82 Å². The van der Waals surface area contributed by atoms with Gasteiger partial charge in [-0.15, -0.1) is 0 Å². The first-order valence-electron chi connectivity index (χ1n) is 5.26. The summed E-state index contributed by atoms with van der Waals surface area (Å²) >= 11 is 0. The minimum absolute atomic E-state index is 0.526. The molecular weight excluding hydrogens is 204 g/mol. The fourth-order valence-electron chi connectivity index (χ4n) is 1.24. The van der Waals surface area contributed by atoms with Crippen molar-refractivity contribution in [1.29, 1.82) is 5.41 Å². The quantitative estimate of drug-likeness (QED) is 0.416. The van der Waals surface area contributed by atoms with E-state index < -0.39 is 0 Å². The molecule has 88 valence electrons. The van der Waals surface area contributed by atoms with E-state index in [1.165, 1.54) is 6.21 Å². The van der Waals surface area contributed by atoms with E-state index in [-0.39, 0.29) is 0 Å². The number of nitrogens with one attached hydrogen (secondary N) is 1. The highest BCUT2D eigenvalue weighted by Gasteiger charge is 2.00. The third kappa shape index (κ3) is 4.86. The molecule has 0 unspecified atom stereocenters. The van der Waals surface area contributed by atoms with E-state index in [2.05, 4.69) is 4.98 Å². The molecule has 0 aliphatic carbocycles. The molecule has 0 amide bonds. The Labute approximate surface area is 95.7 Å². The van der Waals surface area contributed by atoms with Crippen LogP contribution in [0.25, 0.3) is 0 Å². The van der Waals surface area contributed by atoms with Crippen molar-refractivity contribution >= 4 is 12.0 Å². The predicted octanol–water partition coefficient (Wildman–Crippen LogP) is 1.46. The maximum Gasteiger partial charge on any atom is 0.123 e. The second kappa shape index (κ2) is 6.92. The van der Waals surface area contributed by atoms with Crippen molar-refractivity contribution in [3.05, 3.63) is 23.9 Å². The van der Waals surface area contributed by atoms with Gasteiger partial charge in [0.05, 0.1) is 13.2 Å². The van der Waals surface area contributed by atoms with Crippen LogP contribution in [0.15, 0.2) is 18.3 Å². The zero-order valence-corrected chi connectivity index (χ0v) is 9.52. The minimum atomic E-state index is 0.526. The van der Waals surface area contributed by atoms with E-state index in [0.29, 0.717) is 19.0 Å². The number of nitrogen functional groups attached to an aromatic ring is 1. The lowest BCUT2D eigenvalue weighted by atomic mass is 10.3. The monoisotopic (exact) mass is 222 g/mol. The molecule has 1 rings (SSSR count). The van der Waals surface area contributed by atoms with Crippen LogP contribution in [0, 0.1) is 5.41 Å². The molecule has 0 spiro atoms. The second-order valence-corrected chi connectivity index (χ2v) is 3.56. The molecular formula is C11H18N4O. The third-order valence-corrected chi connectivity index (χ3v) is 2.06. The Hall–Kier alpha value is -1.46. The Morgan fingerprint density at radius 1 is 1.56 bits per heavy atom. The Balaban J connectivity index is 2.25. The number of nitrogens with two attached hydrogens (primary N) is 1. The summed E-state index contributed by atoms with van der Waals surface area (Å²) in [6, 6.07) is 3.71. The van der Waals surface area contributed by atoms with Crippen molar-refractivity contribution in [3.63, 3.8) is 0 Å². The van der Waals surface area contributed by atoms with Crippen molar-refractivity contribution < 1.29 is 4.84 Å². The van der Waals surface area contributed by atoms with Gasteiger partial charge >= 0.3 is 0 Å². The van der Waals surface area contributed by atoms with Crippen LogP contribution in [0.5, 0.6) is 0 Å². The Morgan fingerprint density at radius 2 is 2.38 bits per heavy atom. The van der Waals surface area contributed by atoms with E-state index in [1.807, 2.05) is 13.1 Å². The van der Waals surface area contributed by atoms with E-state index in [1.54, 1.807) is 17.3 Å². The Bertz CT molecular complexity index is 312. The highest BCUT2D eigenvalue weighted by atomic mass is 16.7. The number of pyridine rings is 1. The summed E-state index contributed by atoms with van der Waals surface area (Å²) in [5.41, 5.74) is 6.55. The van der Waals surface area contributed by atoms with Crippen LogP contribution in [0.2, 0.25) is 0 Å². The number of hydroxylamine groups is 2. The summed E-state index contributed by atoms with van der Waals surface area (Å²) < 4.78 is 0.